The SMILES string of the molecule is C=C(N=C(N=C(C)c1ccc(-n2c3ccccc3c3ccc4c(C)c(/C=C\CC)[nH]c4c32)cc1)c1ccccc1)c1ccccc1. The van der Waals surface area contributed by atoms with Crippen molar-refractivity contribution in [3.8, 4) is 5.69 Å². The second-order valence-electron chi connectivity index (χ2n) is 11.6. The summed E-state index contributed by atoms with van der Waals surface area (Å²) < 4.78 is 2.38. The number of aryl methyl sites for hydroxylation is 1. The Labute approximate surface area is 269 Å². The summed E-state index contributed by atoms with van der Waals surface area (Å²) in [5.74, 6) is 0.635. The van der Waals surface area contributed by atoms with Gasteiger partial charge in [-0.05, 0) is 61.2 Å². The first kappa shape index (κ1) is 29.0. The molecule has 0 aliphatic heterocycles. The van der Waals surface area contributed by atoms with Gasteiger partial charge in [0.2, 0.25) is 0 Å². The quantitative estimate of drug-likeness (QED) is 0.141. The average molecular weight is 597 g/mol. The van der Waals surface area contributed by atoms with E-state index in [1.165, 1.54) is 32.8 Å². The fourth-order valence-corrected chi connectivity index (χ4v) is 6.18. The maximum absolute atomic E-state index is 5.04. The molecule has 0 spiro atoms. The molecular weight excluding hydrogens is 560 g/mol. The Hall–Kier alpha value is -5.74. The molecule has 0 unspecified atom stereocenters. The van der Waals surface area contributed by atoms with E-state index < -0.39 is 0 Å². The van der Waals surface area contributed by atoms with Crippen molar-refractivity contribution >= 4 is 56.0 Å². The highest BCUT2D eigenvalue weighted by Gasteiger charge is 2.18. The summed E-state index contributed by atoms with van der Waals surface area (Å²) in [6.07, 6.45) is 5.41. The van der Waals surface area contributed by atoms with Crippen LogP contribution in [0.5, 0.6) is 0 Å². The van der Waals surface area contributed by atoms with Gasteiger partial charge in [-0.2, -0.15) is 0 Å². The van der Waals surface area contributed by atoms with Crippen LogP contribution in [0.15, 0.2) is 144 Å². The van der Waals surface area contributed by atoms with Crippen molar-refractivity contribution in [1.82, 2.24) is 9.55 Å². The third-order valence-electron chi connectivity index (χ3n) is 8.62. The molecule has 7 aromatic rings. The number of benzene rings is 5. The molecule has 2 heterocycles. The second kappa shape index (κ2) is 12.3. The van der Waals surface area contributed by atoms with Crippen LogP contribution in [0.25, 0.3) is 50.2 Å². The number of nitrogens with zero attached hydrogens (tertiary/aromatic N) is 3. The zero-order valence-electron chi connectivity index (χ0n) is 26.5. The Kier molecular flexibility index (Phi) is 7.78. The molecule has 5 aromatic carbocycles. The molecule has 0 amide bonds. The van der Waals surface area contributed by atoms with Crippen LogP contribution in [0.2, 0.25) is 0 Å². The van der Waals surface area contributed by atoms with Crippen molar-refractivity contribution in [1.29, 1.82) is 0 Å². The molecule has 2 aromatic heterocycles. The van der Waals surface area contributed by atoms with E-state index in [1.54, 1.807) is 0 Å². The third kappa shape index (κ3) is 5.28. The highest BCUT2D eigenvalue weighted by molar-refractivity contribution is 6.18. The van der Waals surface area contributed by atoms with Crippen LogP contribution in [-0.2, 0) is 0 Å². The van der Waals surface area contributed by atoms with Crippen LogP contribution < -0.4 is 0 Å². The van der Waals surface area contributed by atoms with Gasteiger partial charge in [-0.15, -0.1) is 0 Å². The van der Waals surface area contributed by atoms with Crippen LogP contribution in [0.3, 0.4) is 0 Å². The van der Waals surface area contributed by atoms with Crippen molar-refractivity contribution in [3.05, 3.63) is 162 Å². The topological polar surface area (TPSA) is 45.4 Å². The van der Waals surface area contributed by atoms with Gasteiger partial charge in [-0.1, -0.05) is 123 Å². The molecule has 0 fully saturated rings. The highest BCUT2D eigenvalue weighted by atomic mass is 15.0. The van der Waals surface area contributed by atoms with Gasteiger partial charge >= 0.3 is 0 Å². The molecule has 224 valence electrons. The Morgan fingerprint density at radius 1 is 0.717 bits per heavy atom. The first-order valence-corrected chi connectivity index (χ1v) is 15.8. The molecule has 0 aliphatic carbocycles. The number of aliphatic imine (C=N–C) groups is 2. The Bertz CT molecular complexity index is 2300. The standard InChI is InChI=1S/C42H36N4/c1-5-6-20-38-28(2)35-26-27-37-36-19-13-14-21-39(36)46(41(37)40(35)45-38)34-24-22-32(23-25-34)30(4)44-42(33-17-11-8-12-18-33)43-29(3)31-15-9-7-10-16-31/h6-27,45H,3,5H2,1-2,4H3/b20-6-,43-42?,44-30?. The van der Waals surface area contributed by atoms with E-state index in [2.05, 4.69) is 103 Å². The number of amidine groups is 1. The van der Waals surface area contributed by atoms with E-state index in [0.29, 0.717) is 11.5 Å². The zero-order valence-corrected chi connectivity index (χ0v) is 26.5. The van der Waals surface area contributed by atoms with Crippen LogP contribution >= 0.6 is 0 Å². The maximum Gasteiger partial charge on any atom is 0.160 e. The number of hydrogen-bond donors (Lipinski definition) is 1. The summed E-state index contributed by atoms with van der Waals surface area (Å²) in [7, 11) is 0. The predicted molar refractivity (Wildman–Crippen MR) is 197 cm³/mol. The molecule has 0 saturated heterocycles. The monoisotopic (exact) mass is 596 g/mol. The summed E-state index contributed by atoms with van der Waals surface area (Å²) in [6.45, 7) is 10.6. The van der Waals surface area contributed by atoms with E-state index in [0.717, 1.165) is 45.7 Å². The minimum Gasteiger partial charge on any atom is -0.353 e. The number of allylic oxidation sites excluding steroid dienone is 1. The Morgan fingerprint density at radius 2 is 1.37 bits per heavy atom. The molecule has 7 rings (SSSR count). The normalized spacial score (nSPS) is 12.6. The molecule has 0 saturated carbocycles. The molecule has 4 nitrogen and oxygen atoms in total. The van der Waals surface area contributed by atoms with Gasteiger partial charge < -0.3 is 9.55 Å². The smallest absolute Gasteiger partial charge is 0.160 e. The number of aromatic nitrogens is 2. The van der Waals surface area contributed by atoms with E-state index in [9.17, 15) is 0 Å². The van der Waals surface area contributed by atoms with E-state index in [1.807, 2.05) is 67.6 Å². The van der Waals surface area contributed by atoms with Crippen molar-refractivity contribution in [2.75, 3.05) is 0 Å². The summed E-state index contributed by atoms with van der Waals surface area (Å²) in [5, 5.41) is 3.72. The zero-order chi connectivity index (χ0) is 31.6. The summed E-state index contributed by atoms with van der Waals surface area (Å²) >= 11 is 0. The fraction of sp³-hybridized carbons (Fsp3) is 0.0952. The summed E-state index contributed by atoms with van der Waals surface area (Å²) in [4.78, 5) is 13.7. The Balaban J connectivity index is 1.33. The summed E-state index contributed by atoms with van der Waals surface area (Å²) in [5.41, 5.74) is 11.6. The van der Waals surface area contributed by atoms with E-state index >= 15 is 0 Å². The minimum absolute atomic E-state index is 0.635. The average Bonchev–Trinajstić information content (AvgIpc) is 3.62. The molecule has 0 bridgehead atoms. The van der Waals surface area contributed by atoms with Gasteiger partial charge in [-0.25, -0.2) is 9.98 Å². The van der Waals surface area contributed by atoms with Gasteiger partial charge in [0.15, 0.2) is 5.84 Å². The van der Waals surface area contributed by atoms with Gasteiger partial charge in [0.1, 0.15) is 0 Å². The first-order valence-electron chi connectivity index (χ1n) is 15.8. The number of hydrogen-bond acceptors (Lipinski definition) is 1. The molecule has 0 aliphatic rings. The van der Waals surface area contributed by atoms with Crippen molar-refractivity contribution in [2.45, 2.75) is 27.2 Å². The first-order chi connectivity index (χ1) is 22.5. The van der Waals surface area contributed by atoms with E-state index in [4.69, 9.17) is 9.98 Å². The molecular formula is C42H36N4. The molecule has 46 heavy (non-hydrogen) atoms. The molecule has 4 heteroatoms. The predicted octanol–water partition coefficient (Wildman–Crippen LogP) is 10.9. The number of H-pyrrole nitrogens is 1. The minimum atomic E-state index is 0.635. The lowest BCUT2D eigenvalue weighted by Gasteiger charge is -2.11. The van der Waals surface area contributed by atoms with Gasteiger partial charge in [-0.3, -0.25) is 0 Å². The molecule has 0 radical (unpaired) electrons. The number of rotatable bonds is 7. The maximum atomic E-state index is 5.04. The largest absolute Gasteiger partial charge is 0.353 e. The van der Waals surface area contributed by atoms with Crippen LogP contribution in [0.4, 0.5) is 0 Å². The second-order valence-corrected chi connectivity index (χ2v) is 11.6. The number of fused-ring (bicyclic) bond motifs is 5. The van der Waals surface area contributed by atoms with Crippen molar-refractivity contribution < 1.29 is 0 Å². The number of nitrogens with one attached hydrogen (secondary N) is 1. The van der Waals surface area contributed by atoms with Gasteiger partial charge in [0.25, 0.3) is 0 Å². The van der Waals surface area contributed by atoms with Crippen LogP contribution in [0, 0.1) is 6.92 Å². The lowest BCUT2D eigenvalue weighted by molar-refractivity contribution is 1.18. The van der Waals surface area contributed by atoms with Crippen molar-refractivity contribution in [3.63, 3.8) is 0 Å². The number of aromatic amines is 1. The number of para-hydroxylation sites is 1. The van der Waals surface area contributed by atoms with E-state index in [-0.39, 0.29) is 0 Å². The lowest BCUT2D eigenvalue weighted by Crippen LogP contribution is -2.04. The van der Waals surface area contributed by atoms with Crippen LogP contribution in [-0.4, -0.2) is 21.1 Å². The fourth-order valence-electron chi connectivity index (χ4n) is 6.18. The van der Waals surface area contributed by atoms with Gasteiger partial charge in [0.05, 0.1) is 22.2 Å². The molecule has 1 N–H and O–H groups in total. The van der Waals surface area contributed by atoms with Crippen molar-refractivity contribution in [2.24, 2.45) is 9.98 Å². The lowest BCUT2D eigenvalue weighted by atomic mass is 10.1. The molecule has 0 atom stereocenters. The third-order valence-corrected chi connectivity index (χ3v) is 8.62. The highest BCUT2D eigenvalue weighted by Crippen LogP contribution is 2.38. The Morgan fingerprint density at radius 3 is 2.09 bits per heavy atom. The summed E-state index contributed by atoms with van der Waals surface area (Å²) in [6, 6.07) is 42.0. The van der Waals surface area contributed by atoms with Crippen LogP contribution in [0.1, 0.15) is 48.2 Å². The van der Waals surface area contributed by atoms with Gasteiger partial charge in [0, 0.05) is 38.8 Å².